The van der Waals surface area contributed by atoms with E-state index in [4.69, 9.17) is 9.47 Å². The molecule has 4 bridgehead atoms. The summed E-state index contributed by atoms with van der Waals surface area (Å²) in [5.41, 5.74) is 8.52. The minimum Gasteiger partial charge on any atom is -0.444 e. The van der Waals surface area contributed by atoms with E-state index in [0.29, 0.717) is 24.9 Å². The van der Waals surface area contributed by atoms with Gasteiger partial charge in [-0.25, -0.2) is 9.59 Å². The minimum atomic E-state index is -0.222. The monoisotopic (exact) mass is 870 g/mol. The van der Waals surface area contributed by atoms with Crippen LogP contribution in [0.25, 0.3) is 20.4 Å². The summed E-state index contributed by atoms with van der Waals surface area (Å²) in [5.74, 6) is 0.968. The summed E-state index contributed by atoms with van der Waals surface area (Å²) in [6, 6.07) is 28.3. The Balaban J connectivity index is 0.000000139. The second-order valence-corrected chi connectivity index (χ2v) is 19.8. The van der Waals surface area contributed by atoms with Gasteiger partial charge < -0.3 is 19.4 Å². The number of amides is 2. The van der Waals surface area contributed by atoms with E-state index in [1.807, 2.05) is 58.3 Å². The molecule has 0 radical (unpaired) electrons. The Morgan fingerprint density at radius 1 is 0.548 bits per heavy atom. The molecule has 8 aliphatic heterocycles. The van der Waals surface area contributed by atoms with Crippen LogP contribution < -0.4 is 9.75 Å². The zero-order valence-electron chi connectivity index (χ0n) is 34.5. The Hall–Kier alpha value is -5.28. The van der Waals surface area contributed by atoms with Gasteiger partial charge >= 0.3 is 21.9 Å². The van der Waals surface area contributed by atoms with Gasteiger partial charge in [0.25, 0.3) is 0 Å². The van der Waals surface area contributed by atoms with Gasteiger partial charge in [-0.05, 0) is 134 Å². The normalized spacial score (nSPS) is 27.3. The number of aromatic nitrogens is 2. The summed E-state index contributed by atoms with van der Waals surface area (Å²) in [6.07, 6.45) is 5.65. The summed E-state index contributed by atoms with van der Waals surface area (Å²) in [5, 5.41) is 0. The second-order valence-electron chi connectivity index (χ2n) is 17.8. The SMILES string of the molecule is O=C(O[C@@H]1CN2CCC1CC2)N1CCc2ccccc2[C@@H]1c1ccc2[nH]c(=O)sc2c1.O=C(O[C@@H]1CN2CCC1CC2)N1CCc2ccccc2[C@H]1c1ccc2[nH]c(=O)sc2c1. The molecule has 14 rings (SSSR count). The van der Waals surface area contributed by atoms with Gasteiger partial charge in [0.1, 0.15) is 12.2 Å². The standard InChI is InChI=1S/2C24H25N3O3S/c2*28-23-25-19-6-5-17(13-21(19)31-23)22-18-4-2-1-3-15(18)9-12-27(22)24(29)30-20-14-26-10-7-16(20)8-11-26/h2*1-6,13,16,20,22H,7-12,14H2,(H,25,28)/t20-,22+;20-,22-/m11/s1. The summed E-state index contributed by atoms with van der Waals surface area (Å²) < 4.78 is 14.1. The van der Waals surface area contributed by atoms with Crippen molar-refractivity contribution in [3.05, 3.63) is 138 Å². The highest BCUT2D eigenvalue weighted by Gasteiger charge is 2.41. The topological polar surface area (TPSA) is 131 Å². The average Bonchev–Trinajstić information content (AvgIpc) is 3.88. The zero-order chi connectivity index (χ0) is 41.9. The van der Waals surface area contributed by atoms with Crippen LogP contribution in [0.4, 0.5) is 9.59 Å². The Labute approximate surface area is 367 Å². The van der Waals surface area contributed by atoms with Gasteiger partial charge in [0, 0.05) is 26.2 Å². The van der Waals surface area contributed by atoms with Crippen molar-refractivity contribution < 1.29 is 19.1 Å². The molecule has 62 heavy (non-hydrogen) atoms. The molecule has 6 aromatic rings. The number of H-pyrrole nitrogens is 2. The summed E-state index contributed by atoms with van der Waals surface area (Å²) in [4.78, 5) is 64.7. The van der Waals surface area contributed by atoms with E-state index in [0.717, 1.165) is 120 Å². The lowest BCUT2D eigenvalue weighted by molar-refractivity contribution is -0.0465. The average molecular weight is 871 g/mol. The van der Waals surface area contributed by atoms with Gasteiger partial charge in [0.15, 0.2) is 0 Å². The highest BCUT2D eigenvalue weighted by molar-refractivity contribution is 7.16. The maximum atomic E-state index is 13.4. The number of benzene rings is 4. The van der Waals surface area contributed by atoms with E-state index in [-0.39, 0.29) is 46.2 Å². The number of hydrogen-bond donors (Lipinski definition) is 2. The van der Waals surface area contributed by atoms with E-state index in [1.54, 1.807) is 0 Å². The van der Waals surface area contributed by atoms with Gasteiger partial charge in [-0.1, -0.05) is 83.3 Å². The van der Waals surface area contributed by atoms with Crippen LogP contribution in [0.5, 0.6) is 0 Å². The molecule has 320 valence electrons. The van der Waals surface area contributed by atoms with Gasteiger partial charge in [-0.3, -0.25) is 29.2 Å². The van der Waals surface area contributed by atoms with Gasteiger partial charge in [0.05, 0.1) is 32.5 Å². The highest BCUT2D eigenvalue weighted by Crippen LogP contribution is 2.40. The Bertz CT molecular complexity index is 2580. The van der Waals surface area contributed by atoms with Gasteiger partial charge in [-0.15, -0.1) is 0 Å². The van der Waals surface area contributed by atoms with Crippen molar-refractivity contribution >= 4 is 55.3 Å². The van der Waals surface area contributed by atoms with Crippen molar-refractivity contribution in [3.63, 3.8) is 0 Å². The van der Waals surface area contributed by atoms with Crippen molar-refractivity contribution in [2.75, 3.05) is 52.4 Å². The fourth-order valence-corrected chi connectivity index (χ4v) is 12.6. The van der Waals surface area contributed by atoms with Crippen LogP contribution in [0, 0.1) is 11.8 Å². The van der Waals surface area contributed by atoms with Crippen LogP contribution in [0.3, 0.4) is 0 Å². The lowest BCUT2D eigenvalue weighted by Gasteiger charge is -2.45. The first kappa shape index (κ1) is 39.6. The number of nitrogens with zero attached hydrogens (tertiary/aromatic N) is 4. The van der Waals surface area contributed by atoms with Crippen LogP contribution in [-0.4, -0.2) is 106 Å². The summed E-state index contributed by atoms with van der Waals surface area (Å²) in [6.45, 7) is 7.46. The number of nitrogens with one attached hydrogen (secondary N) is 2. The number of ether oxygens (including phenoxy) is 2. The van der Waals surface area contributed by atoms with Crippen molar-refractivity contribution in [1.29, 1.82) is 0 Å². The number of fused-ring (bicyclic) bond motifs is 10. The summed E-state index contributed by atoms with van der Waals surface area (Å²) >= 11 is 2.41. The molecule has 8 aliphatic rings. The van der Waals surface area contributed by atoms with E-state index >= 15 is 0 Å². The molecule has 0 spiro atoms. The molecule has 2 amide bonds. The third-order valence-corrected chi connectivity index (χ3v) is 15.9. The minimum absolute atomic E-state index is 0.00906. The van der Waals surface area contributed by atoms with Crippen LogP contribution in [0.2, 0.25) is 0 Å². The van der Waals surface area contributed by atoms with E-state index in [2.05, 4.69) is 56.2 Å². The first-order valence-corrected chi connectivity index (χ1v) is 23.7. The third kappa shape index (κ3) is 7.54. The molecular formula is C48H50N6O6S2. The smallest absolute Gasteiger partial charge is 0.410 e. The number of hydrogen-bond acceptors (Lipinski definition) is 10. The predicted molar refractivity (Wildman–Crippen MR) is 241 cm³/mol. The second kappa shape index (κ2) is 16.4. The molecule has 14 heteroatoms. The number of aromatic amines is 2. The molecule has 0 saturated carbocycles. The summed E-state index contributed by atoms with van der Waals surface area (Å²) in [7, 11) is 0. The molecule has 6 saturated heterocycles. The van der Waals surface area contributed by atoms with Gasteiger partial charge in [-0.2, -0.15) is 0 Å². The number of carbonyl (C=O) groups excluding carboxylic acids is 2. The van der Waals surface area contributed by atoms with Gasteiger partial charge in [0.2, 0.25) is 0 Å². The predicted octanol–water partition coefficient (Wildman–Crippen LogP) is 7.54. The molecule has 0 aliphatic carbocycles. The molecule has 2 N–H and O–H groups in total. The zero-order valence-corrected chi connectivity index (χ0v) is 36.1. The van der Waals surface area contributed by atoms with Crippen molar-refractivity contribution in [1.82, 2.24) is 29.6 Å². The third-order valence-electron chi connectivity index (χ3n) is 14.3. The van der Waals surface area contributed by atoms with Crippen LogP contribution >= 0.6 is 22.7 Å². The van der Waals surface area contributed by atoms with Crippen LogP contribution in [-0.2, 0) is 22.3 Å². The largest absolute Gasteiger partial charge is 0.444 e. The van der Waals surface area contributed by atoms with Crippen LogP contribution in [0.1, 0.15) is 71.1 Å². The van der Waals surface area contributed by atoms with E-state index in [9.17, 15) is 19.2 Å². The Morgan fingerprint density at radius 2 is 0.968 bits per heavy atom. The highest BCUT2D eigenvalue weighted by atomic mass is 32.1. The molecule has 10 heterocycles. The first-order chi connectivity index (χ1) is 30.3. The Kier molecular flexibility index (Phi) is 10.5. The van der Waals surface area contributed by atoms with Crippen molar-refractivity contribution in [2.24, 2.45) is 11.8 Å². The fourth-order valence-electron chi connectivity index (χ4n) is 11.0. The van der Waals surface area contributed by atoms with Crippen molar-refractivity contribution in [3.8, 4) is 0 Å². The molecule has 6 fully saturated rings. The fraction of sp³-hybridized carbons (Fsp3) is 0.417. The quantitative estimate of drug-likeness (QED) is 0.186. The van der Waals surface area contributed by atoms with Crippen LogP contribution in [0.15, 0.2) is 94.5 Å². The molecule has 2 aromatic heterocycles. The van der Waals surface area contributed by atoms with E-state index in [1.165, 1.54) is 33.8 Å². The number of thiazole rings is 2. The lowest BCUT2D eigenvalue weighted by Crippen LogP contribution is -2.53. The maximum Gasteiger partial charge on any atom is 0.410 e. The lowest BCUT2D eigenvalue weighted by atomic mass is 9.86. The van der Waals surface area contributed by atoms with Crippen molar-refractivity contribution in [2.45, 2.75) is 62.8 Å². The number of carbonyl (C=O) groups is 2. The number of rotatable bonds is 4. The molecule has 4 atom stereocenters. The number of piperidine rings is 6. The molecule has 4 aromatic carbocycles. The molecular weight excluding hydrogens is 821 g/mol. The first-order valence-electron chi connectivity index (χ1n) is 22.1. The molecule has 0 unspecified atom stereocenters. The molecule has 12 nitrogen and oxygen atoms in total. The van der Waals surface area contributed by atoms with E-state index < -0.39 is 0 Å². The maximum absolute atomic E-state index is 13.4. The Morgan fingerprint density at radius 3 is 1.37 bits per heavy atom.